The minimum absolute atomic E-state index is 0.0384. The smallest absolute Gasteiger partial charge is 0.335 e. The number of amides is 1. The number of carbonyl (C=O) groups excluding carboxylic acids is 1. The first-order chi connectivity index (χ1) is 11.7. The van der Waals surface area contributed by atoms with Crippen LogP contribution in [-0.2, 0) is 21.2 Å². The zero-order chi connectivity index (χ0) is 18.6. The molecule has 7 nitrogen and oxygen atoms in total. The van der Waals surface area contributed by atoms with Gasteiger partial charge in [-0.25, -0.2) is 13.2 Å². The molecule has 0 saturated carbocycles. The van der Waals surface area contributed by atoms with E-state index in [4.69, 9.17) is 0 Å². The molecule has 0 aliphatic carbocycles. The van der Waals surface area contributed by atoms with Crippen LogP contribution in [0.4, 0.5) is 0 Å². The van der Waals surface area contributed by atoms with Crippen molar-refractivity contribution in [2.75, 3.05) is 25.9 Å². The second kappa shape index (κ2) is 7.97. The average Bonchev–Trinajstić information content (AvgIpc) is 2.55. The van der Waals surface area contributed by atoms with Gasteiger partial charge in [-0.2, -0.15) is 4.31 Å². The molecule has 0 radical (unpaired) electrons. The highest BCUT2D eigenvalue weighted by Crippen LogP contribution is 2.20. The second-order valence-corrected chi connectivity index (χ2v) is 8.15. The maximum Gasteiger partial charge on any atom is 0.335 e. The van der Waals surface area contributed by atoms with E-state index in [0.29, 0.717) is 38.0 Å². The molecule has 0 aromatic heterocycles. The number of sulfonamides is 1. The van der Waals surface area contributed by atoms with Crippen molar-refractivity contribution in [1.29, 1.82) is 0 Å². The molecule has 1 amide bonds. The summed E-state index contributed by atoms with van der Waals surface area (Å²) in [6, 6.07) is 6.40. The number of hydrogen-bond donors (Lipinski definition) is 1. The summed E-state index contributed by atoms with van der Waals surface area (Å²) in [4.78, 5) is 25.4. The van der Waals surface area contributed by atoms with Gasteiger partial charge in [-0.1, -0.05) is 25.1 Å². The van der Waals surface area contributed by atoms with Crippen LogP contribution in [-0.4, -0.2) is 66.5 Å². The zero-order valence-electron chi connectivity index (χ0n) is 14.5. The van der Waals surface area contributed by atoms with Gasteiger partial charge in [0.05, 0.1) is 18.2 Å². The minimum atomic E-state index is -3.25. The van der Waals surface area contributed by atoms with Gasteiger partial charge in [0.15, 0.2) is 0 Å². The number of piperidine rings is 1. The van der Waals surface area contributed by atoms with Gasteiger partial charge in [-0.15, -0.1) is 0 Å². The molecule has 0 atom stereocenters. The Hall–Kier alpha value is -1.93. The summed E-state index contributed by atoms with van der Waals surface area (Å²) in [5.41, 5.74) is 0.633. The summed E-state index contributed by atoms with van der Waals surface area (Å²) in [5, 5.41) is 9.20. The fourth-order valence-electron chi connectivity index (χ4n) is 3.32. The topological polar surface area (TPSA) is 95.0 Å². The van der Waals surface area contributed by atoms with E-state index in [9.17, 15) is 23.1 Å². The van der Waals surface area contributed by atoms with Gasteiger partial charge < -0.3 is 10.0 Å². The second-order valence-electron chi connectivity index (χ2n) is 6.22. The number of carboxylic acid groups (broad SMARTS) is 1. The summed E-state index contributed by atoms with van der Waals surface area (Å²) in [6.45, 7) is 3.18. The Morgan fingerprint density at radius 3 is 2.36 bits per heavy atom. The molecule has 1 fully saturated rings. The molecule has 25 heavy (non-hydrogen) atoms. The lowest BCUT2D eigenvalue weighted by Gasteiger charge is -2.37. The standard InChI is InChI=1S/C17H24N2O5S/c1-3-19(25(2,23)24)14-8-10-18(11-9-14)16(20)12-13-6-4-5-7-15(13)17(21)22/h4-7,14H,3,8-12H2,1-2H3,(H,21,22). The summed E-state index contributed by atoms with van der Waals surface area (Å²) >= 11 is 0. The maximum absolute atomic E-state index is 12.5. The number of carbonyl (C=O) groups is 2. The largest absolute Gasteiger partial charge is 0.478 e. The number of likely N-dealkylation sites (tertiary alicyclic amines) is 1. The number of aromatic carboxylic acids is 1. The lowest BCUT2D eigenvalue weighted by molar-refractivity contribution is -0.131. The molecular formula is C17H24N2O5S. The number of hydrogen-bond acceptors (Lipinski definition) is 4. The Balaban J connectivity index is 1.99. The number of rotatable bonds is 6. The van der Waals surface area contributed by atoms with E-state index in [2.05, 4.69) is 0 Å². The van der Waals surface area contributed by atoms with Gasteiger partial charge >= 0.3 is 5.97 Å². The van der Waals surface area contributed by atoms with Crippen LogP contribution in [0.3, 0.4) is 0 Å². The average molecular weight is 368 g/mol. The van der Waals surface area contributed by atoms with Gasteiger partial charge in [0.2, 0.25) is 15.9 Å². The van der Waals surface area contributed by atoms with Crippen LogP contribution in [0.2, 0.25) is 0 Å². The summed E-state index contributed by atoms with van der Waals surface area (Å²) in [7, 11) is -3.25. The number of nitrogens with zero attached hydrogens (tertiary/aromatic N) is 2. The number of benzene rings is 1. The van der Waals surface area contributed by atoms with E-state index in [1.54, 1.807) is 30.0 Å². The first-order valence-corrected chi connectivity index (χ1v) is 10.1. The third-order valence-electron chi connectivity index (χ3n) is 4.55. The summed E-state index contributed by atoms with van der Waals surface area (Å²) < 4.78 is 25.1. The fourth-order valence-corrected chi connectivity index (χ4v) is 4.55. The molecule has 1 aliphatic heterocycles. The van der Waals surface area contributed by atoms with E-state index in [0.717, 1.165) is 0 Å². The minimum Gasteiger partial charge on any atom is -0.478 e. The predicted octanol–water partition coefficient (Wildman–Crippen LogP) is 1.20. The molecule has 1 aromatic carbocycles. The lowest BCUT2D eigenvalue weighted by atomic mass is 10.0. The lowest BCUT2D eigenvalue weighted by Crippen LogP contribution is -2.48. The van der Waals surface area contributed by atoms with Crippen LogP contribution in [0.5, 0.6) is 0 Å². The fraction of sp³-hybridized carbons (Fsp3) is 0.529. The van der Waals surface area contributed by atoms with Crippen molar-refractivity contribution < 1.29 is 23.1 Å². The van der Waals surface area contributed by atoms with Gasteiger partial charge in [0.1, 0.15) is 0 Å². The SMILES string of the molecule is CCN(C1CCN(C(=O)Cc2ccccc2C(=O)O)CC1)S(C)(=O)=O. The Labute approximate surface area is 148 Å². The van der Waals surface area contributed by atoms with Crippen molar-refractivity contribution in [2.24, 2.45) is 0 Å². The Morgan fingerprint density at radius 2 is 1.84 bits per heavy atom. The maximum atomic E-state index is 12.5. The molecule has 1 saturated heterocycles. The molecule has 2 rings (SSSR count). The van der Waals surface area contributed by atoms with Crippen LogP contribution in [0, 0.1) is 0 Å². The molecule has 0 unspecified atom stereocenters. The highest BCUT2D eigenvalue weighted by Gasteiger charge is 2.30. The Kier molecular flexibility index (Phi) is 6.18. The van der Waals surface area contributed by atoms with Crippen molar-refractivity contribution in [3.05, 3.63) is 35.4 Å². The molecule has 8 heteroatoms. The Morgan fingerprint density at radius 1 is 1.24 bits per heavy atom. The third kappa shape index (κ3) is 4.79. The molecular weight excluding hydrogens is 344 g/mol. The molecule has 138 valence electrons. The van der Waals surface area contributed by atoms with Crippen molar-refractivity contribution in [2.45, 2.75) is 32.2 Å². The highest BCUT2D eigenvalue weighted by atomic mass is 32.2. The van der Waals surface area contributed by atoms with Crippen molar-refractivity contribution >= 4 is 21.9 Å². The van der Waals surface area contributed by atoms with Gasteiger partial charge in [0.25, 0.3) is 0 Å². The van der Waals surface area contributed by atoms with Crippen LogP contribution < -0.4 is 0 Å². The monoisotopic (exact) mass is 368 g/mol. The van der Waals surface area contributed by atoms with Crippen LogP contribution in [0.1, 0.15) is 35.7 Å². The van der Waals surface area contributed by atoms with E-state index in [-0.39, 0.29) is 23.9 Å². The predicted molar refractivity (Wildman–Crippen MR) is 93.9 cm³/mol. The van der Waals surface area contributed by atoms with Crippen LogP contribution in [0.15, 0.2) is 24.3 Å². The van der Waals surface area contributed by atoms with E-state index < -0.39 is 16.0 Å². The van der Waals surface area contributed by atoms with Crippen molar-refractivity contribution in [3.63, 3.8) is 0 Å². The van der Waals surface area contributed by atoms with Crippen molar-refractivity contribution in [3.8, 4) is 0 Å². The molecule has 0 bridgehead atoms. The first-order valence-electron chi connectivity index (χ1n) is 8.29. The number of carboxylic acids is 1. The van der Waals surface area contributed by atoms with E-state index in [1.807, 2.05) is 0 Å². The normalized spacial score (nSPS) is 16.2. The van der Waals surface area contributed by atoms with E-state index in [1.165, 1.54) is 16.6 Å². The molecule has 0 spiro atoms. The molecule has 1 N–H and O–H groups in total. The van der Waals surface area contributed by atoms with Gasteiger partial charge in [-0.3, -0.25) is 4.79 Å². The quantitative estimate of drug-likeness (QED) is 0.814. The van der Waals surface area contributed by atoms with E-state index >= 15 is 0 Å². The van der Waals surface area contributed by atoms with Crippen LogP contribution in [0.25, 0.3) is 0 Å². The van der Waals surface area contributed by atoms with Crippen LogP contribution >= 0.6 is 0 Å². The van der Waals surface area contributed by atoms with Gasteiger partial charge in [0, 0.05) is 25.7 Å². The zero-order valence-corrected chi connectivity index (χ0v) is 15.3. The third-order valence-corrected chi connectivity index (χ3v) is 5.96. The molecule has 1 aromatic rings. The first kappa shape index (κ1) is 19.4. The molecule has 1 aliphatic rings. The molecule has 1 heterocycles. The summed E-state index contributed by atoms with van der Waals surface area (Å²) in [5.74, 6) is -1.18. The summed E-state index contributed by atoms with van der Waals surface area (Å²) in [6.07, 6.45) is 2.42. The van der Waals surface area contributed by atoms with Gasteiger partial charge in [-0.05, 0) is 24.5 Å². The van der Waals surface area contributed by atoms with Crippen molar-refractivity contribution in [1.82, 2.24) is 9.21 Å². The Bertz CT molecular complexity index is 739. The highest BCUT2D eigenvalue weighted by molar-refractivity contribution is 7.88.